The largest absolute Gasteiger partial charge is 0.479 e. The van der Waals surface area contributed by atoms with Crippen molar-refractivity contribution in [2.75, 3.05) is 0 Å². The van der Waals surface area contributed by atoms with Crippen molar-refractivity contribution in [1.29, 1.82) is 0 Å². The number of nitrogens with one attached hydrogen (secondary N) is 2. The Balaban J connectivity index is 5.29. The molecule has 0 aromatic heterocycles. The van der Waals surface area contributed by atoms with Crippen LogP contribution in [0, 0.1) is 0 Å². The van der Waals surface area contributed by atoms with Crippen LogP contribution in [0.3, 0.4) is 0 Å². The van der Waals surface area contributed by atoms with E-state index < -0.39 is 34.8 Å². The highest BCUT2D eigenvalue weighted by molar-refractivity contribution is 6.04. The van der Waals surface area contributed by atoms with E-state index in [1.54, 1.807) is 41.5 Å². The van der Waals surface area contributed by atoms with E-state index in [2.05, 4.69) is 17.4 Å². The zero-order chi connectivity index (χ0) is 18.5. The van der Waals surface area contributed by atoms with Crippen LogP contribution in [0.15, 0.2) is 12.7 Å². The number of ether oxygens (including phenoxy) is 2. The summed E-state index contributed by atoms with van der Waals surface area (Å²) < 4.78 is 10.1. The summed E-state index contributed by atoms with van der Waals surface area (Å²) in [5.41, 5.74) is 0.406. The maximum atomic E-state index is 12.3. The Morgan fingerprint density at radius 1 is 1.04 bits per heavy atom. The number of carbonyl (C=O) groups excluding carboxylic acids is 2. The SMILES string of the molecule is C=CCC(NNC(=O)OC(C)(C)C)(C(=O)O)C(=O)OC(C)(C)C. The summed E-state index contributed by atoms with van der Waals surface area (Å²) in [5, 5.41) is 9.46. The maximum Gasteiger partial charge on any atom is 0.422 e. The molecule has 0 fully saturated rings. The van der Waals surface area contributed by atoms with Gasteiger partial charge in [0.1, 0.15) is 11.2 Å². The van der Waals surface area contributed by atoms with E-state index >= 15 is 0 Å². The standard InChI is InChI=1S/C15H26N2O6/c1-8-9-15(10(18)19,11(20)22-13(2,3)4)17-16-12(21)23-14(5,6)7/h8,17H,1,9H2,2-7H3,(H,16,21)(H,18,19). The first-order chi connectivity index (χ1) is 10.2. The fourth-order valence-electron chi connectivity index (χ4n) is 1.46. The molecule has 0 spiro atoms. The van der Waals surface area contributed by atoms with Crippen molar-refractivity contribution in [3.05, 3.63) is 12.7 Å². The summed E-state index contributed by atoms with van der Waals surface area (Å²) in [7, 11) is 0. The minimum absolute atomic E-state index is 0.299. The molecule has 0 aromatic carbocycles. The second-order valence-corrected chi connectivity index (χ2v) is 6.96. The summed E-state index contributed by atoms with van der Waals surface area (Å²) >= 11 is 0. The van der Waals surface area contributed by atoms with Crippen molar-refractivity contribution in [3.63, 3.8) is 0 Å². The molecule has 0 aliphatic rings. The third kappa shape index (κ3) is 7.14. The van der Waals surface area contributed by atoms with Gasteiger partial charge in [0.2, 0.25) is 5.54 Å². The van der Waals surface area contributed by atoms with Gasteiger partial charge < -0.3 is 14.6 Å². The van der Waals surface area contributed by atoms with Gasteiger partial charge in [0.15, 0.2) is 0 Å². The van der Waals surface area contributed by atoms with Crippen LogP contribution in [0.5, 0.6) is 0 Å². The number of aliphatic carboxylic acids is 1. The van der Waals surface area contributed by atoms with Crippen LogP contribution < -0.4 is 10.9 Å². The Morgan fingerprint density at radius 3 is 1.87 bits per heavy atom. The number of rotatable bonds is 6. The molecule has 0 saturated heterocycles. The van der Waals surface area contributed by atoms with Crippen LogP contribution in [0.1, 0.15) is 48.0 Å². The van der Waals surface area contributed by atoms with E-state index in [1.807, 2.05) is 0 Å². The lowest BCUT2D eigenvalue weighted by atomic mass is 9.96. The number of carboxylic acids is 1. The predicted molar refractivity (Wildman–Crippen MR) is 83.5 cm³/mol. The molecule has 0 aliphatic carbocycles. The second-order valence-electron chi connectivity index (χ2n) is 6.96. The molecule has 1 unspecified atom stereocenters. The monoisotopic (exact) mass is 330 g/mol. The number of hydrogen-bond acceptors (Lipinski definition) is 6. The molecular weight excluding hydrogens is 304 g/mol. The molecule has 0 rings (SSSR count). The van der Waals surface area contributed by atoms with Crippen LogP contribution in [-0.2, 0) is 19.1 Å². The summed E-state index contributed by atoms with van der Waals surface area (Å²) in [5.74, 6) is -2.56. The van der Waals surface area contributed by atoms with Crippen LogP contribution >= 0.6 is 0 Å². The van der Waals surface area contributed by atoms with Crippen LogP contribution in [0.4, 0.5) is 4.79 Å². The molecule has 1 amide bonds. The highest BCUT2D eigenvalue weighted by Gasteiger charge is 2.49. The van der Waals surface area contributed by atoms with Crippen LogP contribution in [0.2, 0.25) is 0 Å². The number of hydrogen-bond donors (Lipinski definition) is 3. The minimum Gasteiger partial charge on any atom is -0.479 e. The average molecular weight is 330 g/mol. The molecule has 0 radical (unpaired) electrons. The van der Waals surface area contributed by atoms with Gasteiger partial charge in [-0.1, -0.05) is 6.08 Å². The summed E-state index contributed by atoms with van der Waals surface area (Å²) in [6.07, 6.45) is 0.0187. The van der Waals surface area contributed by atoms with Gasteiger partial charge in [-0.05, 0) is 41.5 Å². The van der Waals surface area contributed by atoms with E-state index in [1.165, 1.54) is 6.08 Å². The first-order valence-corrected chi connectivity index (χ1v) is 7.07. The molecule has 0 aliphatic heterocycles. The van der Waals surface area contributed by atoms with Crippen molar-refractivity contribution >= 4 is 18.0 Å². The summed E-state index contributed by atoms with van der Waals surface area (Å²) in [4.78, 5) is 35.6. The molecule has 0 heterocycles. The zero-order valence-electron chi connectivity index (χ0n) is 14.5. The maximum absolute atomic E-state index is 12.3. The summed E-state index contributed by atoms with van der Waals surface area (Å²) in [6, 6.07) is 0. The average Bonchev–Trinajstić information content (AvgIpc) is 2.29. The van der Waals surface area contributed by atoms with E-state index in [-0.39, 0.29) is 6.42 Å². The highest BCUT2D eigenvalue weighted by Crippen LogP contribution is 2.19. The predicted octanol–water partition coefficient (Wildman–Crippen LogP) is 1.76. The van der Waals surface area contributed by atoms with Gasteiger partial charge in [-0.2, -0.15) is 0 Å². The van der Waals surface area contributed by atoms with Gasteiger partial charge in [0.05, 0.1) is 0 Å². The number of amides is 1. The Bertz CT molecular complexity index is 475. The van der Waals surface area contributed by atoms with Crippen molar-refractivity contribution in [3.8, 4) is 0 Å². The molecule has 132 valence electrons. The van der Waals surface area contributed by atoms with E-state index in [0.717, 1.165) is 0 Å². The topological polar surface area (TPSA) is 114 Å². The second kappa shape index (κ2) is 7.45. The van der Waals surface area contributed by atoms with Gasteiger partial charge in [0, 0.05) is 6.42 Å². The molecule has 0 aromatic rings. The highest BCUT2D eigenvalue weighted by atomic mass is 16.6. The molecule has 0 saturated carbocycles. The lowest BCUT2D eigenvalue weighted by Crippen LogP contribution is -2.65. The molecule has 0 bridgehead atoms. The fraction of sp³-hybridized carbons (Fsp3) is 0.667. The van der Waals surface area contributed by atoms with Gasteiger partial charge in [0.25, 0.3) is 0 Å². The van der Waals surface area contributed by atoms with Gasteiger partial charge >= 0.3 is 18.0 Å². The third-order valence-corrected chi connectivity index (χ3v) is 2.34. The van der Waals surface area contributed by atoms with E-state index in [0.29, 0.717) is 0 Å². The van der Waals surface area contributed by atoms with Gasteiger partial charge in [-0.3, -0.25) is 5.43 Å². The molecule has 23 heavy (non-hydrogen) atoms. The minimum atomic E-state index is -2.20. The van der Waals surface area contributed by atoms with Crippen molar-refractivity contribution < 1.29 is 29.0 Å². The first kappa shape index (κ1) is 20.9. The number of carboxylic acid groups (broad SMARTS) is 1. The molecule has 1 atom stereocenters. The first-order valence-electron chi connectivity index (χ1n) is 7.07. The van der Waals surface area contributed by atoms with E-state index in [9.17, 15) is 19.5 Å². The number of hydrazine groups is 1. The van der Waals surface area contributed by atoms with Crippen LogP contribution in [0.25, 0.3) is 0 Å². The van der Waals surface area contributed by atoms with Gasteiger partial charge in [-0.15, -0.1) is 6.58 Å². The normalized spacial score (nSPS) is 14.3. The molecule has 8 nitrogen and oxygen atoms in total. The van der Waals surface area contributed by atoms with Crippen LogP contribution in [-0.4, -0.2) is 39.9 Å². The lowest BCUT2D eigenvalue weighted by Gasteiger charge is -2.31. The Hall–Kier alpha value is -2.09. The Labute approximate surface area is 136 Å². The number of carbonyl (C=O) groups is 3. The summed E-state index contributed by atoms with van der Waals surface area (Å²) in [6.45, 7) is 13.2. The molecule has 8 heteroatoms. The quantitative estimate of drug-likeness (QED) is 0.294. The number of esters is 1. The Kier molecular flexibility index (Phi) is 6.77. The smallest absolute Gasteiger partial charge is 0.422 e. The molecular formula is C15H26N2O6. The van der Waals surface area contributed by atoms with Crippen molar-refractivity contribution in [2.45, 2.75) is 64.7 Å². The van der Waals surface area contributed by atoms with Gasteiger partial charge in [-0.25, -0.2) is 19.8 Å². The van der Waals surface area contributed by atoms with E-state index in [4.69, 9.17) is 9.47 Å². The molecule has 3 N–H and O–H groups in total. The van der Waals surface area contributed by atoms with Crippen molar-refractivity contribution in [1.82, 2.24) is 10.9 Å². The Morgan fingerprint density at radius 2 is 1.52 bits per heavy atom. The zero-order valence-corrected chi connectivity index (χ0v) is 14.5. The van der Waals surface area contributed by atoms with Crippen molar-refractivity contribution in [2.24, 2.45) is 0 Å². The third-order valence-electron chi connectivity index (χ3n) is 2.34. The lowest BCUT2D eigenvalue weighted by molar-refractivity contribution is -0.171. The fourth-order valence-corrected chi connectivity index (χ4v) is 1.46.